The highest BCUT2D eigenvalue weighted by molar-refractivity contribution is 7.85. The third-order valence-electron chi connectivity index (χ3n) is 1.46. The van der Waals surface area contributed by atoms with E-state index in [4.69, 9.17) is 5.11 Å². The van der Waals surface area contributed by atoms with E-state index in [-0.39, 0.29) is 0 Å². The van der Waals surface area contributed by atoms with E-state index in [2.05, 4.69) is 4.72 Å². The van der Waals surface area contributed by atoms with Gasteiger partial charge in [0.2, 0.25) is 0 Å². The highest BCUT2D eigenvalue weighted by Crippen LogP contribution is 2.14. The van der Waals surface area contributed by atoms with Gasteiger partial charge in [0.25, 0.3) is 0 Å². The van der Waals surface area contributed by atoms with Crippen molar-refractivity contribution in [2.75, 3.05) is 11.0 Å². The lowest BCUT2D eigenvalue weighted by atomic mass is 10.2. The van der Waals surface area contributed by atoms with Gasteiger partial charge in [0.15, 0.2) is 0 Å². The molecule has 0 aliphatic carbocycles. The number of aromatic carboxylic acids is 1. The van der Waals surface area contributed by atoms with Crippen molar-refractivity contribution in [2.45, 2.75) is 0 Å². The van der Waals surface area contributed by atoms with Crippen LogP contribution in [0.5, 0.6) is 0 Å². The van der Waals surface area contributed by atoms with Gasteiger partial charge in [0.1, 0.15) is 16.8 Å². The summed E-state index contributed by atoms with van der Waals surface area (Å²) in [5, 5.41) is 8.58. The molecule has 1 unspecified atom stereocenters. The maximum atomic E-state index is 12.9. The van der Waals surface area contributed by atoms with Gasteiger partial charge >= 0.3 is 5.97 Å². The van der Waals surface area contributed by atoms with Gasteiger partial charge in [0.05, 0.1) is 5.56 Å². The van der Waals surface area contributed by atoms with E-state index in [9.17, 15) is 13.4 Å². The van der Waals surface area contributed by atoms with Gasteiger partial charge < -0.3 is 9.83 Å². The van der Waals surface area contributed by atoms with Crippen molar-refractivity contribution in [1.82, 2.24) is 0 Å². The van der Waals surface area contributed by atoms with Crippen LogP contribution in [0.25, 0.3) is 0 Å². The quantitative estimate of drug-likeness (QED) is 0.800. The lowest BCUT2D eigenvalue weighted by Gasteiger charge is -2.03. The van der Waals surface area contributed by atoms with E-state index >= 15 is 0 Å². The molecular formula is C8H8FNO3S. The van der Waals surface area contributed by atoms with E-state index < -0.39 is 28.3 Å². The number of benzene rings is 1. The predicted molar refractivity (Wildman–Crippen MR) is 51.0 cm³/mol. The first kappa shape index (κ1) is 10.6. The molecule has 0 heterocycles. The van der Waals surface area contributed by atoms with Crippen LogP contribution in [-0.2, 0) is 11.0 Å². The predicted octanol–water partition coefficient (Wildman–Crippen LogP) is 1.23. The number of carbonyl (C=O) groups is 1. The number of hydrogen-bond donors (Lipinski definition) is 2. The third kappa shape index (κ3) is 2.53. The van der Waals surface area contributed by atoms with E-state index in [1.165, 1.54) is 12.3 Å². The van der Waals surface area contributed by atoms with Gasteiger partial charge in [-0.05, 0) is 18.2 Å². The van der Waals surface area contributed by atoms with Gasteiger partial charge in [-0.1, -0.05) is 0 Å². The first-order valence-electron chi connectivity index (χ1n) is 3.63. The minimum absolute atomic E-state index is 0.310. The second kappa shape index (κ2) is 4.19. The van der Waals surface area contributed by atoms with Gasteiger partial charge in [-0.3, -0.25) is 0 Å². The van der Waals surface area contributed by atoms with Crippen molar-refractivity contribution in [1.29, 1.82) is 0 Å². The number of carboxylic acid groups (broad SMARTS) is 1. The molecule has 1 aromatic carbocycles. The molecule has 0 fully saturated rings. The summed E-state index contributed by atoms with van der Waals surface area (Å²) in [5.41, 5.74) is -0.134. The SMILES string of the molecule is CS(=O)Nc1ccc(F)c(C(=O)O)c1. The molecular weight excluding hydrogens is 209 g/mol. The fourth-order valence-electron chi connectivity index (χ4n) is 0.919. The largest absolute Gasteiger partial charge is 0.478 e. The zero-order chi connectivity index (χ0) is 10.7. The highest BCUT2D eigenvalue weighted by atomic mass is 32.2. The van der Waals surface area contributed by atoms with Crippen molar-refractivity contribution < 1.29 is 18.5 Å². The van der Waals surface area contributed by atoms with Crippen molar-refractivity contribution in [3.63, 3.8) is 0 Å². The normalized spacial score (nSPS) is 12.1. The van der Waals surface area contributed by atoms with E-state index in [1.54, 1.807) is 0 Å². The first-order chi connectivity index (χ1) is 6.50. The molecule has 0 bridgehead atoms. The summed E-state index contributed by atoms with van der Waals surface area (Å²) >= 11 is 0. The van der Waals surface area contributed by atoms with E-state index in [0.29, 0.717) is 5.69 Å². The first-order valence-corrected chi connectivity index (χ1v) is 5.19. The number of anilines is 1. The summed E-state index contributed by atoms with van der Waals surface area (Å²) in [6.45, 7) is 0. The van der Waals surface area contributed by atoms with Crippen LogP contribution in [0.4, 0.5) is 10.1 Å². The van der Waals surface area contributed by atoms with Crippen LogP contribution in [-0.4, -0.2) is 21.5 Å². The monoisotopic (exact) mass is 217 g/mol. The molecule has 0 aliphatic heterocycles. The summed E-state index contributed by atoms with van der Waals surface area (Å²) in [5.74, 6) is -2.17. The van der Waals surface area contributed by atoms with Crippen molar-refractivity contribution in [2.24, 2.45) is 0 Å². The number of halogens is 1. The average Bonchev–Trinajstić information content (AvgIpc) is 2.07. The molecule has 1 rings (SSSR count). The summed E-state index contributed by atoms with van der Waals surface area (Å²) in [6.07, 6.45) is 1.39. The maximum absolute atomic E-state index is 12.9. The molecule has 6 heteroatoms. The summed E-state index contributed by atoms with van der Waals surface area (Å²) in [4.78, 5) is 10.5. The zero-order valence-electron chi connectivity index (χ0n) is 7.28. The Morgan fingerprint density at radius 2 is 2.21 bits per heavy atom. The minimum Gasteiger partial charge on any atom is -0.478 e. The summed E-state index contributed by atoms with van der Waals surface area (Å²) in [7, 11) is -1.31. The molecule has 0 saturated heterocycles. The number of carboxylic acids is 1. The van der Waals surface area contributed by atoms with Gasteiger partial charge in [-0.25, -0.2) is 13.4 Å². The van der Waals surface area contributed by atoms with Crippen LogP contribution in [0.15, 0.2) is 18.2 Å². The van der Waals surface area contributed by atoms with Crippen LogP contribution >= 0.6 is 0 Å². The Kier molecular flexibility index (Phi) is 3.19. The second-order valence-corrected chi connectivity index (χ2v) is 3.67. The Hall–Kier alpha value is -1.43. The zero-order valence-corrected chi connectivity index (χ0v) is 8.10. The maximum Gasteiger partial charge on any atom is 0.338 e. The Labute approximate surface area is 82.3 Å². The molecule has 4 nitrogen and oxygen atoms in total. The van der Waals surface area contributed by atoms with Gasteiger partial charge in [0, 0.05) is 11.9 Å². The smallest absolute Gasteiger partial charge is 0.338 e. The third-order valence-corrected chi connectivity index (χ3v) is 1.98. The minimum atomic E-state index is -1.35. The molecule has 0 aromatic heterocycles. The van der Waals surface area contributed by atoms with Crippen LogP contribution in [0, 0.1) is 5.82 Å². The summed E-state index contributed by atoms with van der Waals surface area (Å²) in [6, 6.07) is 3.43. The highest BCUT2D eigenvalue weighted by Gasteiger charge is 2.10. The Morgan fingerprint density at radius 1 is 1.57 bits per heavy atom. The van der Waals surface area contributed by atoms with Gasteiger partial charge in [-0.2, -0.15) is 0 Å². The number of hydrogen-bond acceptors (Lipinski definition) is 2. The standard InChI is InChI=1S/C8H8FNO3S/c1-14(13)10-5-2-3-7(9)6(4-5)8(11)12/h2-4,10H,1H3,(H,11,12). The molecule has 2 N–H and O–H groups in total. The molecule has 0 saturated carbocycles. The second-order valence-electron chi connectivity index (χ2n) is 2.56. The fraction of sp³-hybridized carbons (Fsp3) is 0.125. The topological polar surface area (TPSA) is 66.4 Å². The van der Waals surface area contributed by atoms with E-state index in [0.717, 1.165) is 12.1 Å². The van der Waals surface area contributed by atoms with Crippen LogP contribution < -0.4 is 4.72 Å². The summed E-state index contributed by atoms with van der Waals surface area (Å²) < 4.78 is 26.1. The van der Waals surface area contributed by atoms with Crippen LogP contribution in [0.2, 0.25) is 0 Å². The number of nitrogens with one attached hydrogen (secondary N) is 1. The Balaban J connectivity index is 3.06. The molecule has 76 valence electrons. The average molecular weight is 217 g/mol. The molecule has 1 aromatic rings. The molecule has 0 spiro atoms. The molecule has 0 aliphatic rings. The van der Waals surface area contributed by atoms with Crippen molar-refractivity contribution in [3.8, 4) is 0 Å². The molecule has 1 atom stereocenters. The molecule has 14 heavy (non-hydrogen) atoms. The number of rotatable bonds is 3. The lowest BCUT2D eigenvalue weighted by molar-refractivity contribution is 0.0692. The van der Waals surface area contributed by atoms with Crippen LogP contribution in [0.3, 0.4) is 0 Å². The Bertz CT molecular complexity index is 394. The van der Waals surface area contributed by atoms with E-state index in [1.807, 2.05) is 0 Å². The molecule has 0 radical (unpaired) electrons. The fourth-order valence-corrected chi connectivity index (χ4v) is 1.38. The van der Waals surface area contributed by atoms with Crippen molar-refractivity contribution >= 4 is 22.6 Å². The lowest BCUT2D eigenvalue weighted by Crippen LogP contribution is -2.05. The van der Waals surface area contributed by atoms with Crippen LogP contribution in [0.1, 0.15) is 10.4 Å². The Morgan fingerprint density at radius 3 is 2.71 bits per heavy atom. The molecule has 0 amide bonds. The van der Waals surface area contributed by atoms with Crippen molar-refractivity contribution in [3.05, 3.63) is 29.6 Å². The van der Waals surface area contributed by atoms with Gasteiger partial charge in [-0.15, -0.1) is 0 Å².